The molecule has 0 N–H and O–H groups in total. The molecule has 1 saturated heterocycles. The molecule has 2 heterocycles. The Morgan fingerprint density at radius 2 is 2.00 bits per heavy atom. The molecule has 2 aromatic rings. The molecule has 3 rings (SSSR count). The summed E-state index contributed by atoms with van der Waals surface area (Å²) in [6, 6.07) is 6.23. The van der Waals surface area contributed by atoms with Crippen molar-refractivity contribution < 1.29 is 9.53 Å². The van der Waals surface area contributed by atoms with E-state index in [1.54, 1.807) is 7.11 Å². The van der Waals surface area contributed by atoms with Crippen molar-refractivity contribution in [3.8, 4) is 0 Å². The number of ketones is 1. The number of ether oxygens (including phenoxy) is 1. The van der Waals surface area contributed by atoms with Crippen LogP contribution in [0, 0.1) is 5.92 Å². The zero-order valence-corrected chi connectivity index (χ0v) is 18.1. The van der Waals surface area contributed by atoms with E-state index in [4.69, 9.17) is 4.74 Å². The summed E-state index contributed by atoms with van der Waals surface area (Å²) in [5, 5.41) is 5.71. The molecule has 0 aliphatic carbocycles. The van der Waals surface area contributed by atoms with Gasteiger partial charge in [0.1, 0.15) is 5.52 Å². The van der Waals surface area contributed by atoms with E-state index >= 15 is 0 Å². The van der Waals surface area contributed by atoms with Crippen molar-refractivity contribution in [2.24, 2.45) is 5.92 Å². The molecule has 1 aromatic heterocycles. The average Bonchev–Trinajstić information content (AvgIpc) is 3.11. The maximum Gasteiger partial charge on any atom is 0.165 e. The van der Waals surface area contributed by atoms with Gasteiger partial charge in [0.2, 0.25) is 0 Å². The van der Waals surface area contributed by atoms with Crippen LogP contribution < -0.4 is 0 Å². The van der Waals surface area contributed by atoms with Gasteiger partial charge in [0.05, 0.1) is 5.60 Å². The summed E-state index contributed by atoms with van der Waals surface area (Å²) >= 11 is 0. The van der Waals surface area contributed by atoms with Crippen LogP contribution in [-0.2, 0) is 4.74 Å². The maximum absolute atomic E-state index is 12.9. The third kappa shape index (κ3) is 5.00. The molecule has 1 aromatic carbocycles. The second kappa shape index (κ2) is 8.75. The van der Waals surface area contributed by atoms with Gasteiger partial charge in [-0.1, -0.05) is 12.1 Å². The smallest absolute Gasteiger partial charge is 0.165 e. The summed E-state index contributed by atoms with van der Waals surface area (Å²) in [5.41, 5.74) is 1.52. The maximum atomic E-state index is 12.9. The molecule has 5 nitrogen and oxygen atoms in total. The van der Waals surface area contributed by atoms with Crippen molar-refractivity contribution in [2.45, 2.75) is 65.0 Å². The largest absolute Gasteiger partial charge is 0.377 e. The SMILES string of the molecule is COC(C)(C)CN1CCC(CCC(=O)c2cccc3cn(C(C)C)nc23)CC1. The molecule has 5 heteroatoms. The van der Waals surface area contributed by atoms with E-state index in [-0.39, 0.29) is 11.4 Å². The molecule has 28 heavy (non-hydrogen) atoms. The number of methoxy groups -OCH3 is 1. The minimum atomic E-state index is -0.0964. The van der Waals surface area contributed by atoms with Crippen molar-refractivity contribution in [3.05, 3.63) is 30.0 Å². The van der Waals surface area contributed by atoms with Crippen molar-refractivity contribution in [2.75, 3.05) is 26.7 Å². The first-order valence-electron chi connectivity index (χ1n) is 10.6. The van der Waals surface area contributed by atoms with Gasteiger partial charge in [0, 0.05) is 43.3 Å². The van der Waals surface area contributed by atoms with Gasteiger partial charge in [-0.05, 0) is 72.0 Å². The van der Waals surface area contributed by atoms with Gasteiger partial charge in [0.25, 0.3) is 0 Å². The average molecular weight is 386 g/mol. The number of aromatic nitrogens is 2. The lowest BCUT2D eigenvalue weighted by Crippen LogP contribution is -2.43. The lowest BCUT2D eigenvalue weighted by atomic mass is 9.89. The van der Waals surface area contributed by atoms with Crippen LogP contribution in [0.15, 0.2) is 24.4 Å². The summed E-state index contributed by atoms with van der Waals surface area (Å²) < 4.78 is 7.50. The lowest BCUT2D eigenvalue weighted by Gasteiger charge is -2.36. The highest BCUT2D eigenvalue weighted by Gasteiger charge is 2.26. The molecule has 0 amide bonds. The van der Waals surface area contributed by atoms with Gasteiger partial charge in [-0.25, -0.2) is 0 Å². The summed E-state index contributed by atoms with van der Waals surface area (Å²) in [6.45, 7) is 11.6. The third-order valence-corrected chi connectivity index (χ3v) is 6.03. The molecule has 0 bridgehead atoms. The van der Waals surface area contributed by atoms with Gasteiger partial charge < -0.3 is 9.64 Å². The number of nitrogens with zero attached hydrogens (tertiary/aromatic N) is 3. The van der Waals surface area contributed by atoms with Gasteiger partial charge in [-0.3, -0.25) is 9.48 Å². The van der Waals surface area contributed by atoms with Crippen molar-refractivity contribution in [1.82, 2.24) is 14.7 Å². The van der Waals surface area contributed by atoms with E-state index < -0.39 is 0 Å². The standard InChI is InChI=1S/C23H35N3O2/c1-17(2)26-15-19-7-6-8-20(22(19)24-26)21(27)10-9-18-11-13-25(14-12-18)16-23(3,4)28-5/h6-8,15,17-18H,9-14,16H2,1-5H3. The number of rotatable bonds is 8. The molecular formula is C23H35N3O2. The molecule has 154 valence electrons. The lowest BCUT2D eigenvalue weighted by molar-refractivity contribution is -0.0148. The second-order valence-corrected chi connectivity index (χ2v) is 9.09. The number of hydrogen-bond donors (Lipinski definition) is 0. The Labute approximate surface area is 169 Å². The van der Waals surface area contributed by atoms with Crippen molar-refractivity contribution in [3.63, 3.8) is 0 Å². The minimum absolute atomic E-state index is 0.0964. The molecule has 0 unspecified atom stereocenters. The molecule has 0 atom stereocenters. The molecule has 0 spiro atoms. The van der Waals surface area contributed by atoms with Crippen molar-refractivity contribution >= 4 is 16.7 Å². The Balaban J connectivity index is 1.55. The van der Waals surface area contributed by atoms with Crippen LogP contribution in [0.3, 0.4) is 0 Å². The fourth-order valence-corrected chi connectivity index (χ4v) is 4.06. The number of Topliss-reactive ketones (excluding diaryl/α,β-unsaturated/α-hetero) is 1. The quantitative estimate of drug-likeness (QED) is 0.617. The molecule has 0 radical (unpaired) electrons. The second-order valence-electron chi connectivity index (χ2n) is 9.09. The first kappa shape index (κ1) is 21.0. The Hall–Kier alpha value is -1.72. The number of carbonyl (C=O) groups is 1. The summed E-state index contributed by atoms with van der Waals surface area (Å²) in [6.07, 6.45) is 5.95. The van der Waals surface area contributed by atoms with E-state index in [0.29, 0.717) is 18.4 Å². The summed E-state index contributed by atoms with van der Waals surface area (Å²) in [5.74, 6) is 0.862. The van der Waals surface area contributed by atoms with Crippen molar-refractivity contribution in [1.29, 1.82) is 0 Å². The topological polar surface area (TPSA) is 47.4 Å². The predicted octanol–water partition coefficient (Wildman–Crippen LogP) is 4.72. The van der Waals surface area contributed by atoms with Crippen LogP contribution >= 0.6 is 0 Å². The number of benzene rings is 1. The number of piperidine rings is 1. The van der Waals surface area contributed by atoms with Crippen LogP contribution in [-0.4, -0.2) is 52.8 Å². The van der Waals surface area contributed by atoms with Gasteiger partial charge >= 0.3 is 0 Å². The van der Waals surface area contributed by atoms with Gasteiger partial charge in [-0.15, -0.1) is 0 Å². The number of likely N-dealkylation sites (tertiary alicyclic amines) is 1. The van der Waals surface area contributed by atoms with Gasteiger partial charge in [-0.2, -0.15) is 5.10 Å². The molecule has 1 fully saturated rings. The fourth-order valence-electron chi connectivity index (χ4n) is 4.06. The highest BCUT2D eigenvalue weighted by Crippen LogP contribution is 2.26. The number of carbonyl (C=O) groups excluding carboxylic acids is 1. The number of fused-ring (bicyclic) bond motifs is 1. The highest BCUT2D eigenvalue weighted by atomic mass is 16.5. The van der Waals surface area contributed by atoms with E-state index in [0.717, 1.165) is 42.5 Å². The Morgan fingerprint density at radius 1 is 1.29 bits per heavy atom. The van der Waals surface area contributed by atoms with Crippen LogP contribution in [0.2, 0.25) is 0 Å². The summed E-state index contributed by atoms with van der Waals surface area (Å²) in [4.78, 5) is 15.4. The molecule has 1 aliphatic heterocycles. The van der Waals surface area contributed by atoms with E-state index in [1.165, 1.54) is 12.8 Å². The van der Waals surface area contributed by atoms with E-state index in [9.17, 15) is 4.79 Å². The molecule has 1 aliphatic rings. The number of hydrogen-bond acceptors (Lipinski definition) is 4. The summed E-state index contributed by atoms with van der Waals surface area (Å²) in [7, 11) is 1.78. The molecule has 0 saturated carbocycles. The van der Waals surface area contributed by atoms with Crippen LogP contribution in [0.1, 0.15) is 69.8 Å². The van der Waals surface area contributed by atoms with Crippen LogP contribution in [0.5, 0.6) is 0 Å². The zero-order chi connectivity index (χ0) is 20.3. The Morgan fingerprint density at radius 3 is 2.64 bits per heavy atom. The minimum Gasteiger partial charge on any atom is -0.377 e. The zero-order valence-electron chi connectivity index (χ0n) is 18.1. The van der Waals surface area contributed by atoms with Crippen LogP contribution in [0.4, 0.5) is 0 Å². The third-order valence-electron chi connectivity index (χ3n) is 6.03. The molecular weight excluding hydrogens is 350 g/mol. The Bertz CT molecular complexity index is 801. The van der Waals surface area contributed by atoms with E-state index in [2.05, 4.69) is 37.7 Å². The Kier molecular flexibility index (Phi) is 6.56. The normalized spacial score (nSPS) is 16.9. The predicted molar refractivity (Wildman–Crippen MR) is 114 cm³/mol. The van der Waals surface area contributed by atoms with E-state index in [1.807, 2.05) is 29.1 Å². The van der Waals surface area contributed by atoms with Crippen LogP contribution in [0.25, 0.3) is 10.9 Å². The highest BCUT2D eigenvalue weighted by molar-refractivity contribution is 6.06. The first-order chi connectivity index (χ1) is 13.3. The first-order valence-corrected chi connectivity index (χ1v) is 10.6. The fraction of sp³-hybridized carbons (Fsp3) is 0.652. The van der Waals surface area contributed by atoms with Gasteiger partial charge in [0.15, 0.2) is 5.78 Å². The monoisotopic (exact) mass is 385 g/mol.